The Hall–Kier alpha value is -2.42. The third-order valence-electron chi connectivity index (χ3n) is 5.66. The first kappa shape index (κ1) is 20.3. The number of aliphatic hydroxyl groups is 1. The van der Waals surface area contributed by atoms with Crippen molar-refractivity contribution in [2.75, 3.05) is 24.5 Å². The second kappa shape index (κ2) is 8.30. The van der Waals surface area contributed by atoms with Crippen LogP contribution in [0.1, 0.15) is 44.8 Å². The van der Waals surface area contributed by atoms with Crippen LogP contribution in [-0.4, -0.2) is 70.2 Å². The fourth-order valence-electron chi connectivity index (χ4n) is 4.05. The molecule has 0 spiro atoms. The lowest BCUT2D eigenvalue weighted by Crippen LogP contribution is -2.44. The second-order valence-corrected chi connectivity index (χ2v) is 8.00. The highest BCUT2D eigenvalue weighted by Crippen LogP contribution is 2.33. The molecule has 1 amide bonds. The van der Waals surface area contributed by atoms with Crippen LogP contribution in [0.4, 0.5) is 5.82 Å². The molecule has 9 heteroatoms. The molecule has 2 N–H and O–H groups in total. The van der Waals surface area contributed by atoms with Crippen LogP contribution in [0.5, 0.6) is 0 Å². The Labute approximate surface area is 163 Å². The maximum Gasteiger partial charge on any atom is 0.326 e. The summed E-state index contributed by atoms with van der Waals surface area (Å²) in [7, 11) is 0. The SMILES string of the molecule is CC(C)C(C(=O)N1CC(O)CC1C(=O)O)c1cc(N2CCC(C=O)CC2)no1. The summed E-state index contributed by atoms with van der Waals surface area (Å²) in [6.45, 7) is 5.11. The molecule has 28 heavy (non-hydrogen) atoms. The predicted octanol–water partition coefficient (Wildman–Crippen LogP) is 0.876. The topological polar surface area (TPSA) is 124 Å². The molecular weight excluding hydrogens is 366 g/mol. The lowest BCUT2D eigenvalue weighted by Gasteiger charge is -2.29. The molecule has 2 aliphatic rings. The molecule has 9 nitrogen and oxygen atoms in total. The van der Waals surface area contributed by atoms with Crippen molar-refractivity contribution in [2.24, 2.45) is 11.8 Å². The third-order valence-corrected chi connectivity index (χ3v) is 5.66. The van der Waals surface area contributed by atoms with Gasteiger partial charge in [-0.25, -0.2) is 4.79 Å². The van der Waals surface area contributed by atoms with Crippen LogP contribution in [0.3, 0.4) is 0 Å². The van der Waals surface area contributed by atoms with E-state index in [1.807, 2.05) is 18.7 Å². The fourth-order valence-corrected chi connectivity index (χ4v) is 4.05. The largest absolute Gasteiger partial charge is 0.480 e. The van der Waals surface area contributed by atoms with Gasteiger partial charge in [-0.15, -0.1) is 0 Å². The van der Waals surface area contributed by atoms with Crippen molar-refractivity contribution >= 4 is 24.0 Å². The highest BCUT2D eigenvalue weighted by atomic mass is 16.5. The molecule has 3 rings (SSSR count). The first-order valence-electron chi connectivity index (χ1n) is 9.70. The summed E-state index contributed by atoms with van der Waals surface area (Å²) >= 11 is 0. The summed E-state index contributed by atoms with van der Waals surface area (Å²) in [5, 5.41) is 23.3. The van der Waals surface area contributed by atoms with E-state index in [4.69, 9.17) is 4.52 Å². The van der Waals surface area contributed by atoms with Gasteiger partial charge in [-0.1, -0.05) is 19.0 Å². The summed E-state index contributed by atoms with van der Waals surface area (Å²) in [5.74, 6) is -1.23. The number of carboxylic acid groups (broad SMARTS) is 1. The maximum atomic E-state index is 13.1. The number of β-amino-alcohol motifs (C(OH)–C–C–N with tert-alkyl or cyclic N) is 1. The molecule has 154 valence electrons. The van der Waals surface area contributed by atoms with Gasteiger partial charge in [0.05, 0.1) is 6.10 Å². The first-order chi connectivity index (χ1) is 13.3. The number of aliphatic carboxylic acids is 1. The first-order valence-corrected chi connectivity index (χ1v) is 9.70. The van der Waals surface area contributed by atoms with E-state index in [-0.39, 0.29) is 30.7 Å². The lowest BCUT2D eigenvalue weighted by molar-refractivity contribution is -0.149. The van der Waals surface area contributed by atoms with E-state index < -0.39 is 24.0 Å². The van der Waals surface area contributed by atoms with E-state index in [9.17, 15) is 24.6 Å². The lowest BCUT2D eigenvalue weighted by atomic mass is 9.91. The number of hydrogen-bond acceptors (Lipinski definition) is 7. The van der Waals surface area contributed by atoms with Crippen molar-refractivity contribution in [3.05, 3.63) is 11.8 Å². The molecule has 3 atom stereocenters. The molecule has 2 aliphatic heterocycles. The van der Waals surface area contributed by atoms with Crippen LogP contribution in [0.15, 0.2) is 10.6 Å². The molecule has 1 aromatic heterocycles. The Morgan fingerprint density at radius 3 is 2.57 bits per heavy atom. The summed E-state index contributed by atoms with van der Waals surface area (Å²) in [4.78, 5) is 38.8. The fraction of sp³-hybridized carbons (Fsp3) is 0.684. The number of rotatable bonds is 6. The van der Waals surface area contributed by atoms with Crippen LogP contribution >= 0.6 is 0 Å². The zero-order valence-corrected chi connectivity index (χ0v) is 16.2. The number of piperidine rings is 1. The van der Waals surface area contributed by atoms with Gasteiger partial charge in [0.2, 0.25) is 5.91 Å². The van der Waals surface area contributed by atoms with Crippen molar-refractivity contribution < 1.29 is 29.1 Å². The van der Waals surface area contributed by atoms with Gasteiger partial charge in [-0.05, 0) is 18.8 Å². The van der Waals surface area contributed by atoms with Gasteiger partial charge in [0.25, 0.3) is 0 Å². The van der Waals surface area contributed by atoms with E-state index in [0.717, 1.165) is 19.1 Å². The number of carbonyl (C=O) groups is 3. The number of aromatic nitrogens is 1. The van der Waals surface area contributed by atoms with E-state index in [2.05, 4.69) is 5.16 Å². The van der Waals surface area contributed by atoms with Crippen LogP contribution < -0.4 is 4.90 Å². The van der Waals surface area contributed by atoms with Crippen molar-refractivity contribution in [3.8, 4) is 0 Å². The van der Waals surface area contributed by atoms with Gasteiger partial charge >= 0.3 is 5.97 Å². The van der Waals surface area contributed by atoms with Crippen molar-refractivity contribution in [3.63, 3.8) is 0 Å². The minimum Gasteiger partial charge on any atom is -0.480 e. The zero-order valence-electron chi connectivity index (χ0n) is 16.2. The molecule has 3 heterocycles. The summed E-state index contributed by atoms with van der Waals surface area (Å²) in [6, 6.07) is 0.694. The van der Waals surface area contributed by atoms with Gasteiger partial charge in [-0.2, -0.15) is 0 Å². The predicted molar refractivity (Wildman–Crippen MR) is 98.8 cm³/mol. The zero-order chi connectivity index (χ0) is 20.4. The van der Waals surface area contributed by atoms with Crippen LogP contribution in [0.25, 0.3) is 0 Å². The number of carbonyl (C=O) groups excluding carboxylic acids is 2. The quantitative estimate of drug-likeness (QED) is 0.683. The highest BCUT2D eigenvalue weighted by molar-refractivity contribution is 5.88. The average Bonchev–Trinajstić information content (AvgIpc) is 3.28. The monoisotopic (exact) mass is 393 g/mol. The maximum absolute atomic E-state index is 13.1. The smallest absolute Gasteiger partial charge is 0.326 e. The molecular formula is C19H27N3O6. The molecule has 1 aromatic rings. The number of aldehydes is 1. The van der Waals surface area contributed by atoms with Crippen molar-refractivity contribution in [1.82, 2.24) is 10.1 Å². The summed E-state index contributed by atoms with van der Waals surface area (Å²) in [6.07, 6.45) is 1.68. The summed E-state index contributed by atoms with van der Waals surface area (Å²) < 4.78 is 5.48. The normalized spacial score (nSPS) is 24.6. The summed E-state index contributed by atoms with van der Waals surface area (Å²) in [5.41, 5.74) is 0. The third kappa shape index (κ3) is 4.04. The number of amides is 1. The van der Waals surface area contributed by atoms with Gasteiger partial charge in [-0.3, -0.25) is 4.79 Å². The number of aliphatic hydroxyl groups excluding tert-OH is 1. The average molecular weight is 393 g/mol. The minimum atomic E-state index is -1.12. The second-order valence-electron chi connectivity index (χ2n) is 8.00. The Kier molecular flexibility index (Phi) is 6.02. The van der Waals surface area contributed by atoms with Crippen LogP contribution in [0.2, 0.25) is 0 Å². The van der Waals surface area contributed by atoms with Crippen molar-refractivity contribution in [1.29, 1.82) is 0 Å². The molecule has 0 saturated carbocycles. The number of likely N-dealkylation sites (tertiary alicyclic amines) is 1. The van der Waals surface area contributed by atoms with E-state index in [0.29, 0.717) is 24.7 Å². The van der Waals surface area contributed by atoms with E-state index >= 15 is 0 Å². The van der Waals surface area contributed by atoms with Crippen LogP contribution in [0, 0.1) is 11.8 Å². The van der Waals surface area contributed by atoms with E-state index in [1.165, 1.54) is 4.90 Å². The Balaban J connectivity index is 1.78. The van der Waals surface area contributed by atoms with Gasteiger partial charge in [0.15, 0.2) is 11.6 Å². The molecule has 3 unspecified atom stereocenters. The Bertz CT molecular complexity index is 725. The Morgan fingerprint density at radius 2 is 2.00 bits per heavy atom. The minimum absolute atomic E-state index is 0.000771. The Morgan fingerprint density at radius 1 is 1.32 bits per heavy atom. The van der Waals surface area contributed by atoms with E-state index in [1.54, 1.807) is 6.07 Å². The van der Waals surface area contributed by atoms with Gasteiger partial charge < -0.3 is 29.3 Å². The molecule has 0 radical (unpaired) electrons. The molecule has 0 aliphatic carbocycles. The number of hydrogen-bond donors (Lipinski definition) is 2. The molecule has 2 saturated heterocycles. The molecule has 2 fully saturated rings. The number of nitrogens with zero attached hydrogens (tertiary/aromatic N) is 3. The highest BCUT2D eigenvalue weighted by Gasteiger charge is 2.43. The standard InChI is InChI=1S/C19H27N3O6/c1-11(2)17(18(25)22-9-13(24)7-14(22)19(26)27)15-8-16(20-28-15)21-5-3-12(10-23)4-6-21/h8,10-14,17,24H,3-7,9H2,1-2H3,(H,26,27). The number of anilines is 1. The van der Waals surface area contributed by atoms with Gasteiger partial charge in [0, 0.05) is 38.0 Å². The number of carboxylic acids is 1. The van der Waals surface area contributed by atoms with Gasteiger partial charge in [0.1, 0.15) is 18.2 Å². The molecule has 0 aromatic carbocycles. The molecule has 0 bridgehead atoms. The van der Waals surface area contributed by atoms with Crippen LogP contribution in [-0.2, 0) is 14.4 Å². The van der Waals surface area contributed by atoms with Crippen molar-refractivity contribution in [2.45, 2.75) is 51.2 Å².